The van der Waals surface area contributed by atoms with E-state index >= 15 is 0 Å². The second kappa shape index (κ2) is 3.69. The zero-order chi connectivity index (χ0) is 9.97. The number of fused-ring (bicyclic) bond motifs is 1. The minimum atomic E-state index is -0.0646. The van der Waals surface area contributed by atoms with E-state index < -0.39 is 0 Å². The van der Waals surface area contributed by atoms with E-state index in [1.54, 1.807) is 6.33 Å². The molecule has 0 saturated carbocycles. The molecular weight excluding hydrogens is 180 g/mol. The Hall–Kier alpha value is -1.52. The summed E-state index contributed by atoms with van der Waals surface area (Å²) in [7, 11) is 0. The first kappa shape index (κ1) is 9.05. The van der Waals surface area contributed by atoms with Crippen molar-refractivity contribution in [1.29, 1.82) is 0 Å². The van der Waals surface area contributed by atoms with E-state index in [-0.39, 0.29) is 5.91 Å². The van der Waals surface area contributed by atoms with E-state index in [1.165, 1.54) is 0 Å². The standard InChI is InChI=1S/C9H14N4O/c1-2-3-4-13-6-12-9(14)7-8(13)11-5-10-7/h5H,2-4,6H2,1H3,(H,10,11)(H,12,14). The Labute approximate surface area is 82.5 Å². The number of carbonyl (C=O) groups excluding carboxylic acids is 1. The second-order valence-electron chi connectivity index (χ2n) is 3.38. The average molecular weight is 194 g/mol. The van der Waals surface area contributed by atoms with Gasteiger partial charge in [-0.1, -0.05) is 13.3 Å². The van der Waals surface area contributed by atoms with Gasteiger partial charge in [0.15, 0.2) is 5.82 Å². The third-order valence-electron chi connectivity index (χ3n) is 2.36. The first-order valence-corrected chi connectivity index (χ1v) is 4.89. The normalized spacial score (nSPS) is 15.2. The van der Waals surface area contributed by atoms with Gasteiger partial charge in [0.1, 0.15) is 5.69 Å². The number of H-pyrrole nitrogens is 1. The SMILES string of the molecule is CCCCN1CNC(=O)c2[nH]cnc21. The number of nitrogens with zero attached hydrogens (tertiary/aromatic N) is 2. The molecule has 76 valence electrons. The lowest BCUT2D eigenvalue weighted by Crippen LogP contribution is -2.43. The van der Waals surface area contributed by atoms with Gasteiger partial charge in [-0.3, -0.25) is 4.79 Å². The number of nitrogens with one attached hydrogen (secondary N) is 2. The van der Waals surface area contributed by atoms with E-state index in [9.17, 15) is 4.79 Å². The minimum absolute atomic E-state index is 0.0646. The highest BCUT2D eigenvalue weighted by Crippen LogP contribution is 2.18. The number of aromatic amines is 1. The van der Waals surface area contributed by atoms with Gasteiger partial charge in [-0.2, -0.15) is 0 Å². The summed E-state index contributed by atoms with van der Waals surface area (Å²) in [6.07, 6.45) is 3.82. The number of carbonyl (C=O) groups is 1. The molecule has 14 heavy (non-hydrogen) atoms. The topological polar surface area (TPSA) is 61.0 Å². The van der Waals surface area contributed by atoms with E-state index in [1.807, 2.05) is 0 Å². The van der Waals surface area contributed by atoms with Crippen molar-refractivity contribution in [2.75, 3.05) is 18.1 Å². The molecule has 0 bridgehead atoms. The maximum absolute atomic E-state index is 11.4. The Balaban J connectivity index is 2.16. The summed E-state index contributed by atoms with van der Waals surface area (Å²) in [5, 5.41) is 2.80. The molecule has 0 radical (unpaired) electrons. The molecule has 1 aliphatic heterocycles. The van der Waals surface area contributed by atoms with Crippen LogP contribution in [-0.2, 0) is 0 Å². The van der Waals surface area contributed by atoms with Gasteiger partial charge in [0.25, 0.3) is 5.91 Å². The highest BCUT2D eigenvalue weighted by atomic mass is 16.2. The minimum Gasteiger partial charge on any atom is -0.339 e. The molecule has 0 spiro atoms. The lowest BCUT2D eigenvalue weighted by atomic mass is 10.2. The molecule has 0 aromatic carbocycles. The van der Waals surface area contributed by atoms with E-state index in [0.29, 0.717) is 12.4 Å². The highest BCUT2D eigenvalue weighted by Gasteiger charge is 2.24. The van der Waals surface area contributed by atoms with Gasteiger partial charge in [-0.05, 0) is 6.42 Å². The Bertz CT molecular complexity index is 333. The van der Waals surface area contributed by atoms with Crippen LogP contribution in [0.4, 0.5) is 5.82 Å². The molecule has 1 aromatic heterocycles. The van der Waals surface area contributed by atoms with Crippen molar-refractivity contribution in [3.63, 3.8) is 0 Å². The van der Waals surface area contributed by atoms with E-state index in [0.717, 1.165) is 25.2 Å². The molecular formula is C9H14N4O. The monoisotopic (exact) mass is 194 g/mol. The van der Waals surface area contributed by atoms with Gasteiger partial charge in [-0.25, -0.2) is 4.98 Å². The lowest BCUT2D eigenvalue weighted by Gasteiger charge is -2.27. The summed E-state index contributed by atoms with van der Waals surface area (Å²) in [4.78, 5) is 20.4. The van der Waals surface area contributed by atoms with Crippen LogP contribution in [-0.4, -0.2) is 29.1 Å². The van der Waals surface area contributed by atoms with Crippen LogP contribution < -0.4 is 10.2 Å². The molecule has 2 rings (SSSR count). The molecule has 0 saturated heterocycles. The Morgan fingerprint density at radius 3 is 3.29 bits per heavy atom. The van der Waals surface area contributed by atoms with Crippen LogP contribution in [0.25, 0.3) is 0 Å². The van der Waals surface area contributed by atoms with Gasteiger partial charge in [-0.15, -0.1) is 0 Å². The van der Waals surface area contributed by atoms with Crippen molar-refractivity contribution in [3.05, 3.63) is 12.0 Å². The van der Waals surface area contributed by atoms with Crippen molar-refractivity contribution in [1.82, 2.24) is 15.3 Å². The number of rotatable bonds is 3. The van der Waals surface area contributed by atoms with Crippen LogP contribution in [0.3, 0.4) is 0 Å². The summed E-state index contributed by atoms with van der Waals surface area (Å²) in [6, 6.07) is 0. The molecule has 0 atom stereocenters. The predicted octanol–water partition coefficient (Wildman–Crippen LogP) is 0.717. The summed E-state index contributed by atoms with van der Waals surface area (Å²) in [5.41, 5.74) is 0.576. The van der Waals surface area contributed by atoms with Crippen molar-refractivity contribution in [3.8, 4) is 0 Å². The number of hydrogen-bond donors (Lipinski definition) is 2. The third kappa shape index (κ3) is 1.45. The predicted molar refractivity (Wildman–Crippen MR) is 53.2 cm³/mol. The number of amides is 1. The van der Waals surface area contributed by atoms with Crippen LogP contribution >= 0.6 is 0 Å². The second-order valence-corrected chi connectivity index (χ2v) is 3.38. The molecule has 2 heterocycles. The highest BCUT2D eigenvalue weighted by molar-refractivity contribution is 5.98. The summed E-state index contributed by atoms with van der Waals surface area (Å²) in [6.45, 7) is 3.65. The third-order valence-corrected chi connectivity index (χ3v) is 2.36. The molecule has 0 aliphatic carbocycles. The maximum atomic E-state index is 11.4. The molecule has 1 aliphatic rings. The van der Waals surface area contributed by atoms with Crippen LogP contribution in [0, 0.1) is 0 Å². The molecule has 2 N–H and O–H groups in total. The van der Waals surface area contributed by atoms with E-state index in [4.69, 9.17) is 0 Å². The molecule has 0 unspecified atom stereocenters. The van der Waals surface area contributed by atoms with Crippen LogP contribution in [0.15, 0.2) is 6.33 Å². The van der Waals surface area contributed by atoms with Gasteiger partial charge < -0.3 is 15.2 Å². The Kier molecular flexibility index (Phi) is 2.39. The van der Waals surface area contributed by atoms with Crippen molar-refractivity contribution >= 4 is 11.7 Å². The summed E-state index contributed by atoms with van der Waals surface area (Å²) < 4.78 is 0. The summed E-state index contributed by atoms with van der Waals surface area (Å²) in [5.74, 6) is 0.715. The van der Waals surface area contributed by atoms with Crippen LogP contribution in [0.2, 0.25) is 0 Å². The fraction of sp³-hybridized carbons (Fsp3) is 0.556. The van der Waals surface area contributed by atoms with Crippen LogP contribution in [0.1, 0.15) is 30.3 Å². The lowest BCUT2D eigenvalue weighted by molar-refractivity contribution is 0.0943. The molecule has 5 nitrogen and oxygen atoms in total. The zero-order valence-corrected chi connectivity index (χ0v) is 8.21. The van der Waals surface area contributed by atoms with Crippen molar-refractivity contribution < 1.29 is 4.79 Å². The summed E-state index contributed by atoms with van der Waals surface area (Å²) >= 11 is 0. The first-order chi connectivity index (χ1) is 6.83. The number of unbranched alkanes of at least 4 members (excludes halogenated alkanes) is 1. The molecule has 1 aromatic rings. The van der Waals surface area contributed by atoms with Crippen molar-refractivity contribution in [2.24, 2.45) is 0 Å². The fourth-order valence-electron chi connectivity index (χ4n) is 1.56. The molecule has 1 amide bonds. The smallest absolute Gasteiger partial charge is 0.272 e. The molecule has 0 fully saturated rings. The first-order valence-electron chi connectivity index (χ1n) is 4.89. The quantitative estimate of drug-likeness (QED) is 0.745. The van der Waals surface area contributed by atoms with Gasteiger partial charge in [0, 0.05) is 6.54 Å². The number of imidazole rings is 1. The Morgan fingerprint density at radius 1 is 1.64 bits per heavy atom. The number of aromatic nitrogens is 2. The van der Waals surface area contributed by atoms with Crippen LogP contribution in [0.5, 0.6) is 0 Å². The Morgan fingerprint density at radius 2 is 2.50 bits per heavy atom. The number of hydrogen-bond acceptors (Lipinski definition) is 3. The zero-order valence-electron chi connectivity index (χ0n) is 8.21. The van der Waals surface area contributed by atoms with Crippen molar-refractivity contribution in [2.45, 2.75) is 19.8 Å². The fourth-order valence-corrected chi connectivity index (χ4v) is 1.56. The maximum Gasteiger partial charge on any atom is 0.272 e. The van der Waals surface area contributed by atoms with Gasteiger partial charge in [0.05, 0.1) is 13.0 Å². The molecule has 5 heteroatoms. The largest absolute Gasteiger partial charge is 0.339 e. The number of anilines is 1. The van der Waals surface area contributed by atoms with Gasteiger partial charge >= 0.3 is 0 Å². The van der Waals surface area contributed by atoms with E-state index in [2.05, 4.69) is 27.1 Å². The average Bonchev–Trinajstić information content (AvgIpc) is 2.66. The van der Waals surface area contributed by atoms with Gasteiger partial charge in [0.2, 0.25) is 0 Å².